The number of piperidine rings is 1. The van der Waals surface area contributed by atoms with Crippen molar-refractivity contribution in [3.8, 4) is 0 Å². The van der Waals surface area contributed by atoms with Crippen LogP contribution in [0.5, 0.6) is 0 Å². The number of carbonyl (C=O) groups excluding carboxylic acids is 2. The summed E-state index contributed by atoms with van der Waals surface area (Å²) in [7, 11) is 0. The Morgan fingerprint density at radius 1 is 1.21 bits per heavy atom. The van der Waals surface area contributed by atoms with E-state index in [4.69, 9.17) is 0 Å². The molecule has 134 valence electrons. The molecule has 1 fully saturated rings. The molecule has 2 heterocycles. The third-order valence-corrected chi connectivity index (χ3v) is 5.17. The zero-order chi connectivity index (χ0) is 17.4. The van der Waals surface area contributed by atoms with Crippen molar-refractivity contribution in [3.63, 3.8) is 0 Å². The van der Waals surface area contributed by atoms with Gasteiger partial charge in [-0.3, -0.25) is 9.59 Å². The van der Waals surface area contributed by atoms with Crippen LogP contribution in [-0.2, 0) is 4.79 Å². The molecule has 0 saturated carbocycles. The summed E-state index contributed by atoms with van der Waals surface area (Å²) in [4.78, 5) is 26.7. The predicted octanol–water partition coefficient (Wildman–Crippen LogP) is 2.35. The first-order valence-corrected chi connectivity index (χ1v) is 9.73. The van der Waals surface area contributed by atoms with Gasteiger partial charge in [0.15, 0.2) is 0 Å². The van der Waals surface area contributed by atoms with Gasteiger partial charge in [-0.15, -0.1) is 11.3 Å². The molecule has 1 aromatic rings. The molecule has 1 saturated heterocycles. The molecule has 2 N–H and O–H groups in total. The standard InChI is InChI=1S/C18H29N3O2S/c1-14-11-15(2)13-21(12-14)9-4-7-19-17(22)6-8-20-18(23)16-5-3-10-24-16/h3,5,10,14-15H,4,6-9,11-13H2,1-2H3,(H,19,22)(H,20,23)/t14-,15+. The second-order valence-electron chi connectivity index (χ2n) is 6.89. The minimum atomic E-state index is -0.105. The Morgan fingerprint density at radius 2 is 1.96 bits per heavy atom. The molecule has 0 radical (unpaired) electrons. The average molecular weight is 352 g/mol. The number of hydrogen-bond donors (Lipinski definition) is 2. The maximum Gasteiger partial charge on any atom is 0.261 e. The van der Waals surface area contributed by atoms with E-state index in [2.05, 4.69) is 29.4 Å². The van der Waals surface area contributed by atoms with Gasteiger partial charge in [-0.1, -0.05) is 19.9 Å². The summed E-state index contributed by atoms with van der Waals surface area (Å²) < 4.78 is 0. The van der Waals surface area contributed by atoms with Crippen molar-refractivity contribution in [2.45, 2.75) is 33.1 Å². The lowest BCUT2D eigenvalue weighted by atomic mass is 9.92. The molecular weight excluding hydrogens is 322 g/mol. The Kier molecular flexibility index (Phi) is 7.72. The highest BCUT2D eigenvalue weighted by atomic mass is 32.1. The van der Waals surface area contributed by atoms with E-state index >= 15 is 0 Å². The molecule has 1 aliphatic rings. The third kappa shape index (κ3) is 6.61. The van der Waals surface area contributed by atoms with Crippen LogP contribution in [0.25, 0.3) is 0 Å². The quantitative estimate of drug-likeness (QED) is 0.707. The molecule has 2 atom stereocenters. The van der Waals surface area contributed by atoms with E-state index in [0.717, 1.165) is 24.8 Å². The van der Waals surface area contributed by atoms with Crippen LogP contribution in [-0.4, -0.2) is 49.4 Å². The van der Waals surface area contributed by atoms with Gasteiger partial charge in [-0.2, -0.15) is 0 Å². The van der Waals surface area contributed by atoms with Crippen LogP contribution < -0.4 is 10.6 Å². The van der Waals surface area contributed by atoms with Gasteiger partial charge in [0.1, 0.15) is 0 Å². The molecule has 24 heavy (non-hydrogen) atoms. The maximum atomic E-state index is 11.8. The third-order valence-electron chi connectivity index (χ3n) is 4.30. The van der Waals surface area contributed by atoms with Crippen molar-refractivity contribution in [3.05, 3.63) is 22.4 Å². The highest BCUT2D eigenvalue weighted by molar-refractivity contribution is 7.12. The van der Waals surface area contributed by atoms with Gasteiger partial charge in [-0.25, -0.2) is 0 Å². The summed E-state index contributed by atoms with van der Waals surface area (Å²) in [5.41, 5.74) is 0. The molecule has 1 aromatic heterocycles. The summed E-state index contributed by atoms with van der Waals surface area (Å²) in [6.07, 6.45) is 2.63. The van der Waals surface area contributed by atoms with E-state index in [1.54, 1.807) is 6.07 Å². The molecular formula is C18H29N3O2S. The van der Waals surface area contributed by atoms with Gasteiger partial charge >= 0.3 is 0 Å². The average Bonchev–Trinajstić information content (AvgIpc) is 3.05. The fraction of sp³-hybridized carbons (Fsp3) is 0.667. The normalized spacial score (nSPS) is 21.4. The molecule has 1 aliphatic heterocycles. The highest BCUT2D eigenvalue weighted by Gasteiger charge is 2.21. The Labute approximate surface area is 148 Å². The van der Waals surface area contributed by atoms with Crippen LogP contribution >= 0.6 is 11.3 Å². The van der Waals surface area contributed by atoms with E-state index in [9.17, 15) is 9.59 Å². The lowest BCUT2D eigenvalue weighted by Crippen LogP contribution is -2.40. The number of rotatable bonds is 8. The Bertz CT molecular complexity index is 508. The number of hydrogen-bond acceptors (Lipinski definition) is 4. The fourth-order valence-electron chi connectivity index (χ4n) is 3.38. The van der Waals surface area contributed by atoms with Gasteiger partial charge in [-0.05, 0) is 42.7 Å². The summed E-state index contributed by atoms with van der Waals surface area (Å²) >= 11 is 1.40. The summed E-state index contributed by atoms with van der Waals surface area (Å²) in [6, 6.07) is 3.62. The van der Waals surface area contributed by atoms with Crippen LogP contribution in [0.2, 0.25) is 0 Å². The van der Waals surface area contributed by atoms with E-state index in [-0.39, 0.29) is 11.8 Å². The van der Waals surface area contributed by atoms with Crippen molar-refractivity contribution >= 4 is 23.2 Å². The summed E-state index contributed by atoms with van der Waals surface area (Å²) in [6.45, 7) is 9.11. The number of likely N-dealkylation sites (tertiary alicyclic amines) is 1. The van der Waals surface area contributed by atoms with Gasteiger partial charge in [0.05, 0.1) is 4.88 Å². The number of nitrogens with one attached hydrogen (secondary N) is 2. The van der Waals surface area contributed by atoms with Crippen molar-refractivity contribution in [2.75, 3.05) is 32.7 Å². The molecule has 5 nitrogen and oxygen atoms in total. The molecule has 2 amide bonds. The van der Waals surface area contributed by atoms with Crippen molar-refractivity contribution < 1.29 is 9.59 Å². The first kappa shape index (κ1) is 18.9. The monoisotopic (exact) mass is 351 g/mol. The number of amides is 2. The zero-order valence-corrected chi connectivity index (χ0v) is 15.5. The molecule has 2 rings (SSSR count). The van der Waals surface area contributed by atoms with Crippen molar-refractivity contribution in [1.29, 1.82) is 0 Å². The van der Waals surface area contributed by atoms with E-state index < -0.39 is 0 Å². The van der Waals surface area contributed by atoms with E-state index in [1.807, 2.05) is 11.4 Å². The molecule has 6 heteroatoms. The molecule has 0 spiro atoms. The van der Waals surface area contributed by atoms with Crippen LogP contribution in [0.4, 0.5) is 0 Å². The highest BCUT2D eigenvalue weighted by Crippen LogP contribution is 2.20. The summed E-state index contributed by atoms with van der Waals surface area (Å²) in [5.74, 6) is 1.44. The van der Waals surface area contributed by atoms with Gasteiger partial charge in [0.2, 0.25) is 5.91 Å². The Balaban J connectivity index is 1.51. The lowest BCUT2D eigenvalue weighted by molar-refractivity contribution is -0.120. The first-order valence-electron chi connectivity index (χ1n) is 8.85. The van der Waals surface area contributed by atoms with Crippen LogP contribution in [0.3, 0.4) is 0 Å². The molecule has 0 aromatic carbocycles. The van der Waals surface area contributed by atoms with E-state index in [0.29, 0.717) is 24.4 Å². The van der Waals surface area contributed by atoms with Crippen molar-refractivity contribution in [2.24, 2.45) is 11.8 Å². The van der Waals surface area contributed by atoms with Crippen LogP contribution in [0, 0.1) is 11.8 Å². The molecule has 0 unspecified atom stereocenters. The van der Waals surface area contributed by atoms with Gasteiger partial charge < -0.3 is 15.5 Å². The number of carbonyl (C=O) groups is 2. The van der Waals surface area contributed by atoms with Gasteiger partial charge in [0, 0.05) is 32.6 Å². The smallest absolute Gasteiger partial charge is 0.261 e. The Morgan fingerprint density at radius 3 is 2.62 bits per heavy atom. The zero-order valence-electron chi connectivity index (χ0n) is 14.7. The number of thiophene rings is 1. The summed E-state index contributed by atoms with van der Waals surface area (Å²) in [5, 5.41) is 7.58. The lowest BCUT2D eigenvalue weighted by Gasteiger charge is -2.34. The Hall–Kier alpha value is -1.40. The fourth-order valence-corrected chi connectivity index (χ4v) is 4.02. The minimum Gasteiger partial charge on any atom is -0.356 e. The SMILES string of the molecule is C[C@@H]1C[C@H](C)CN(CCCNC(=O)CCNC(=O)c2cccs2)C1. The molecule has 0 aliphatic carbocycles. The molecule has 0 bridgehead atoms. The van der Waals surface area contributed by atoms with Crippen molar-refractivity contribution in [1.82, 2.24) is 15.5 Å². The number of nitrogens with zero attached hydrogens (tertiary/aromatic N) is 1. The topological polar surface area (TPSA) is 61.4 Å². The van der Waals surface area contributed by atoms with Crippen LogP contribution in [0.15, 0.2) is 17.5 Å². The second kappa shape index (κ2) is 9.79. The van der Waals surface area contributed by atoms with E-state index in [1.165, 1.54) is 30.8 Å². The van der Waals surface area contributed by atoms with Crippen LogP contribution in [0.1, 0.15) is 42.8 Å². The largest absolute Gasteiger partial charge is 0.356 e. The first-order chi connectivity index (χ1) is 11.5. The van der Waals surface area contributed by atoms with Gasteiger partial charge in [0.25, 0.3) is 5.91 Å². The minimum absolute atomic E-state index is 0.00172. The second-order valence-corrected chi connectivity index (χ2v) is 7.84. The predicted molar refractivity (Wildman–Crippen MR) is 98.3 cm³/mol. The maximum absolute atomic E-state index is 11.8.